The molecule has 2 fully saturated rings. The van der Waals surface area contributed by atoms with Gasteiger partial charge in [-0.15, -0.1) is 0 Å². The van der Waals surface area contributed by atoms with Crippen molar-refractivity contribution in [2.24, 2.45) is 0 Å². The molecular weight excluding hydrogens is 338 g/mol. The summed E-state index contributed by atoms with van der Waals surface area (Å²) in [5.74, 6) is 1.16. The lowest BCUT2D eigenvalue weighted by Crippen LogP contribution is -2.49. The topological polar surface area (TPSA) is 75.3 Å². The van der Waals surface area contributed by atoms with Gasteiger partial charge in [-0.3, -0.25) is 4.79 Å². The Kier molecular flexibility index (Phi) is 5.34. The number of nitrogens with zero attached hydrogens (tertiary/aromatic N) is 4. The predicted octanol–water partition coefficient (Wildman–Crippen LogP) is 2.82. The van der Waals surface area contributed by atoms with Gasteiger partial charge in [-0.1, -0.05) is 12.1 Å². The van der Waals surface area contributed by atoms with Crippen molar-refractivity contribution < 1.29 is 4.79 Å². The summed E-state index contributed by atoms with van der Waals surface area (Å²) in [6.45, 7) is 4.22. The molecule has 6 nitrogen and oxygen atoms in total. The average molecular weight is 365 g/mol. The van der Waals surface area contributed by atoms with Crippen LogP contribution in [-0.4, -0.2) is 57.9 Å². The summed E-state index contributed by atoms with van der Waals surface area (Å²) in [4.78, 5) is 26.2. The number of amides is 1. The van der Waals surface area contributed by atoms with Crippen LogP contribution in [0.15, 0.2) is 36.5 Å². The molecular formula is C21H27N5O. The molecule has 1 aromatic carbocycles. The normalized spacial score (nSPS) is 20.7. The summed E-state index contributed by atoms with van der Waals surface area (Å²) < 4.78 is 0. The molecule has 6 heteroatoms. The molecule has 1 atom stereocenters. The Morgan fingerprint density at radius 2 is 1.78 bits per heavy atom. The lowest BCUT2D eigenvalue weighted by Gasteiger charge is -2.38. The maximum Gasteiger partial charge on any atom is 0.254 e. The first-order valence-electron chi connectivity index (χ1n) is 9.93. The molecule has 2 aliphatic rings. The van der Waals surface area contributed by atoms with Gasteiger partial charge in [-0.2, -0.15) is 0 Å². The van der Waals surface area contributed by atoms with Gasteiger partial charge >= 0.3 is 0 Å². The number of hydrogen-bond acceptors (Lipinski definition) is 5. The maximum absolute atomic E-state index is 13.1. The Morgan fingerprint density at radius 3 is 2.52 bits per heavy atom. The fourth-order valence-corrected chi connectivity index (χ4v) is 4.16. The molecule has 0 aliphatic carbocycles. The monoisotopic (exact) mass is 365 g/mol. The first-order chi connectivity index (χ1) is 13.2. The Bertz CT molecular complexity index is 785. The van der Waals surface area contributed by atoms with Gasteiger partial charge in [0, 0.05) is 36.5 Å². The van der Waals surface area contributed by atoms with E-state index in [0.29, 0.717) is 17.7 Å². The first-order valence-corrected chi connectivity index (χ1v) is 9.93. The van der Waals surface area contributed by atoms with Crippen LogP contribution in [0.2, 0.25) is 0 Å². The van der Waals surface area contributed by atoms with Crippen molar-refractivity contribution in [2.75, 3.05) is 31.9 Å². The zero-order valence-electron chi connectivity index (χ0n) is 15.7. The number of hydrogen-bond donors (Lipinski definition) is 1. The molecule has 27 heavy (non-hydrogen) atoms. The van der Waals surface area contributed by atoms with Gasteiger partial charge in [-0.25, -0.2) is 9.97 Å². The second-order valence-electron chi connectivity index (χ2n) is 7.54. The highest BCUT2D eigenvalue weighted by molar-refractivity contribution is 5.95. The quantitative estimate of drug-likeness (QED) is 0.902. The van der Waals surface area contributed by atoms with Crippen LogP contribution in [-0.2, 0) is 0 Å². The van der Waals surface area contributed by atoms with E-state index in [9.17, 15) is 4.79 Å². The Labute approximate surface area is 160 Å². The van der Waals surface area contributed by atoms with Crippen molar-refractivity contribution in [1.82, 2.24) is 19.8 Å². The van der Waals surface area contributed by atoms with Crippen LogP contribution in [0.25, 0.3) is 11.4 Å². The highest BCUT2D eigenvalue weighted by Crippen LogP contribution is 2.23. The molecule has 1 amide bonds. The molecule has 2 aromatic rings. The summed E-state index contributed by atoms with van der Waals surface area (Å²) in [5.41, 5.74) is 7.34. The summed E-state index contributed by atoms with van der Waals surface area (Å²) in [5, 5.41) is 0. The molecule has 0 unspecified atom stereocenters. The third kappa shape index (κ3) is 4.11. The molecule has 0 saturated carbocycles. The number of likely N-dealkylation sites (tertiary alicyclic amines) is 2. The number of nitrogens with two attached hydrogens (primary N) is 1. The second-order valence-corrected chi connectivity index (χ2v) is 7.54. The average Bonchev–Trinajstić information content (AvgIpc) is 3.21. The standard InChI is InChI=1S/C21H27N5O/c22-19-10-11-23-20(24-19)16-6-8-17(9-7-16)21(27)26-14-2-1-5-18(26)15-25-12-3-4-13-25/h6-11,18H,1-5,12-15H2,(H2,22,23,24)/t18-/m1/s1. The van der Waals surface area contributed by atoms with Crippen LogP contribution >= 0.6 is 0 Å². The van der Waals surface area contributed by atoms with E-state index in [0.717, 1.165) is 37.1 Å². The van der Waals surface area contributed by atoms with E-state index in [1.54, 1.807) is 12.3 Å². The van der Waals surface area contributed by atoms with E-state index in [-0.39, 0.29) is 5.91 Å². The van der Waals surface area contributed by atoms with Gasteiger partial charge in [0.05, 0.1) is 0 Å². The maximum atomic E-state index is 13.1. The molecule has 142 valence electrons. The van der Waals surface area contributed by atoms with Crippen LogP contribution in [0.4, 0.5) is 5.82 Å². The summed E-state index contributed by atoms with van der Waals surface area (Å²) >= 11 is 0. The smallest absolute Gasteiger partial charge is 0.254 e. The van der Waals surface area contributed by atoms with Gasteiger partial charge < -0.3 is 15.5 Å². The number of piperidine rings is 1. The van der Waals surface area contributed by atoms with Crippen LogP contribution in [0.5, 0.6) is 0 Å². The third-order valence-electron chi connectivity index (χ3n) is 5.62. The molecule has 0 radical (unpaired) electrons. The van der Waals surface area contributed by atoms with E-state index in [4.69, 9.17) is 5.73 Å². The van der Waals surface area contributed by atoms with Crippen LogP contribution in [0, 0.1) is 0 Å². The number of benzene rings is 1. The van der Waals surface area contributed by atoms with E-state index < -0.39 is 0 Å². The van der Waals surface area contributed by atoms with Gasteiger partial charge in [0.2, 0.25) is 0 Å². The minimum atomic E-state index is 0.138. The van der Waals surface area contributed by atoms with E-state index in [2.05, 4.69) is 19.8 Å². The number of carbonyl (C=O) groups excluding carboxylic acids is 1. The highest BCUT2D eigenvalue weighted by atomic mass is 16.2. The number of anilines is 1. The number of aromatic nitrogens is 2. The predicted molar refractivity (Wildman–Crippen MR) is 106 cm³/mol. The van der Waals surface area contributed by atoms with Gasteiger partial charge in [0.15, 0.2) is 5.82 Å². The van der Waals surface area contributed by atoms with Crippen LogP contribution < -0.4 is 5.73 Å². The Balaban J connectivity index is 1.48. The molecule has 3 heterocycles. The number of carbonyl (C=O) groups is 1. The zero-order valence-corrected chi connectivity index (χ0v) is 15.7. The SMILES string of the molecule is Nc1ccnc(-c2ccc(C(=O)N3CCCC[C@@H]3CN3CCCC3)cc2)n1. The van der Waals surface area contributed by atoms with Gasteiger partial charge in [-0.05, 0) is 63.4 Å². The largest absolute Gasteiger partial charge is 0.384 e. The summed E-state index contributed by atoms with van der Waals surface area (Å²) in [6, 6.07) is 9.57. The van der Waals surface area contributed by atoms with Crippen molar-refractivity contribution in [1.29, 1.82) is 0 Å². The van der Waals surface area contributed by atoms with E-state index >= 15 is 0 Å². The van der Waals surface area contributed by atoms with Gasteiger partial charge in [0.25, 0.3) is 5.91 Å². The lowest BCUT2D eigenvalue weighted by molar-refractivity contribution is 0.0560. The zero-order chi connectivity index (χ0) is 18.6. The molecule has 4 rings (SSSR count). The molecule has 2 aliphatic heterocycles. The number of nitrogen functional groups attached to an aromatic ring is 1. The third-order valence-corrected chi connectivity index (χ3v) is 5.62. The minimum Gasteiger partial charge on any atom is -0.384 e. The fraction of sp³-hybridized carbons (Fsp3) is 0.476. The molecule has 2 saturated heterocycles. The van der Waals surface area contributed by atoms with Crippen molar-refractivity contribution in [3.05, 3.63) is 42.1 Å². The molecule has 2 N–H and O–H groups in total. The van der Waals surface area contributed by atoms with Crippen molar-refractivity contribution in [3.63, 3.8) is 0 Å². The highest BCUT2D eigenvalue weighted by Gasteiger charge is 2.29. The van der Waals surface area contributed by atoms with E-state index in [1.165, 1.54) is 32.4 Å². The van der Waals surface area contributed by atoms with Gasteiger partial charge in [0.1, 0.15) is 5.82 Å². The van der Waals surface area contributed by atoms with Crippen LogP contribution in [0.3, 0.4) is 0 Å². The fourth-order valence-electron chi connectivity index (χ4n) is 4.16. The summed E-state index contributed by atoms with van der Waals surface area (Å²) in [7, 11) is 0. The Hall–Kier alpha value is -2.47. The molecule has 1 aromatic heterocycles. The molecule has 0 spiro atoms. The minimum absolute atomic E-state index is 0.138. The van der Waals surface area contributed by atoms with Crippen molar-refractivity contribution >= 4 is 11.7 Å². The summed E-state index contributed by atoms with van der Waals surface area (Å²) in [6.07, 6.45) is 7.64. The first kappa shape index (κ1) is 17.9. The number of rotatable bonds is 4. The lowest BCUT2D eigenvalue weighted by atomic mass is 10.00. The molecule has 0 bridgehead atoms. The van der Waals surface area contributed by atoms with Crippen molar-refractivity contribution in [2.45, 2.75) is 38.1 Å². The van der Waals surface area contributed by atoms with Crippen LogP contribution in [0.1, 0.15) is 42.5 Å². The second kappa shape index (κ2) is 8.05. The Morgan fingerprint density at radius 1 is 1.04 bits per heavy atom. The van der Waals surface area contributed by atoms with Crippen molar-refractivity contribution in [3.8, 4) is 11.4 Å². The van der Waals surface area contributed by atoms with E-state index in [1.807, 2.05) is 24.3 Å².